The van der Waals surface area contributed by atoms with Gasteiger partial charge in [0.15, 0.2) is 0 Å². The van der Waals surface area contributed by atoms with Gasteiger partial charge in [-0.25, -0.2) is 0 Å². The average molecular weight is 425 g/mol. The molecular weight excluding hydrogens is 380 g/mol. The number of phenolic OH excluding ortho intramolecular Hbond substituents is 2. The minimum atomic E-state index is -0.101. The molecule has 2 aromatic rings. The van der Waals surface area contributed by atoms with Crippen LogP contribution in [-0.4, -0.2) is 10.2 Å². The molecule has 0 bridgehead atoms. The molecule has 31 heavy (non-hydrogen) atoms. The van der Waals surface area contributed by atoms with Gasteiger partial charge in [-0.3, -0.25) is 0 Å². The minimum absolute atomic E-state index is 0.101. The zero-order valence-corrected chi connectivity index (χ0v) is 20.7. The first kappa shape index (κ1) is 25.3. The van der Waals surface area contributed by atoms with E-state index in [0.29, 0.717) is 23.3 Å². The van der Waals surface area contributed by atoms with E-state index in [1.54, 1.807) is 0 Å². The molecule has 0 fully saturated rings. The van der Waals surface area contributed by atoms with Gasteiger partial charge in [-0.05, 0) is 96.9 Å². The summed E-state index contributed by atoms with van der Waals surface area (Å²) in [5.74, 6) is 1.96. The summed E-state index contributed by atoms with van der Waals surface area (Å²) in [6, 6.07) is 12.0. The van der Waals surface area contributed by atoms with Crippen molar-refractivity contribution in [1.29, 1.82) is 0 Å². The van der Waals surface area contributed by atoms with Crippen LogP contribution in [0.1, 0.15) is 102 Å². The lowest BCUT2D eigenvalue weighted by molar-refractivity contribution is 0.422. The zero-order chi connectivity index (χ0) is 23.0. The number of hydrogen-bond acceptors (Lipinski definition) is 2. The summed E-state index contributed by atoms with van der Waals surface area (Å²) in [7, 11) is 0. The van der Waals surface area contributed by atoms with Crippen LogP contribution in [0.2, 0.25) is 0 Å². The molecule has 0 amide bonds. The Morgan fingerprint density at radius 1 is 0.742 bits per heavy atom. The molecule has 2 heteroatoms. The van der Waals surface area contributed by atoms with Gasteiger partial charge in [0, 0.05) is 5.41 Å². The van der Waals surface area contributed by atoms with Gasteiger partial charge >= 0.3 is 0 Å². The van der Waals surface area contributed by atoms with Gasteiger partial charge in [-0.2, -0.15) is 0 Å². The highest BCUT2D eigenvalue weighted by molar-refractivity contribution is 5.50. The third kappa shape index (κ3) is 6.51. The Kier molecular flexibility index (Phi) is 9.47. The number of benzene rings is 2. The van der Waals surface area contributed by atoms with Crippen LogP contribution in [0, 0.1) is 11.8 Å². The van der Waals surface area contributed by atoms with Gasteiger partial charge in [0.25, 0.3) is 0 Å². The fourth-order valence-corrected chi connectivity index (χ4v) is 4.85. The predicted octanol–water partition coefficient (Wildman–Crippen LogP) is 8.16. The lowest BCUT2D eigenvalue weighted by atomic mass is 9.65. The van der Waals surface area contributed by atoms with Crippen molar-refractivity contribution in [2.45, 2.75) is 98.3 Å². The summed E-state index contributed by atoms with van der Waals surface area (Å²) in [6.07, 6.45) is 8.58. The maximum Gasteiger partial charge on any atom is 0.115 e. The lowest BCUT2D eigenvalue weighted by Crippen LogP contribution is -2.30. The largest absolute Gasteiger partial charge is 0.508 e. The summed E-state index contributed by atoms with van der Waals surface area (Å²) in [5, 5.41) is 20.6. The highest BCUT2D eigenvalue weighted by atomic mass is 16.3. The first-order valence-corrected chi connectivity index (χ1v) is 12.4. The Balaban J connectivity index is 2.69. The van der Waals surface area contributed by atoms with Crippen molar-refractivity contribution in [3.63, 3.8) is 0 Å². The average Bonchev–Trinajstić information content (AvgIpc) is 2.73. The third-order valence-electron chi connectivity index (χ3n) is 6.75. The Hall–Kier alpha value is -1.96. The predicted molar refractivity (Wildman–Crippen MR) is 133 cm³/mol. The molecule has 0 atom stereocenters. The summed E-state index contributed by atoms with van der Waals surface area (Å²) >= 11 is 0. The summed E-state index contributed by atoms with van der Waals surface area (Å²) in [5.41, 5.74) is 5.16. The third-order valence-corrected chi connectivity index (χ3v) is 6.75. The van der Waals surface area contributed by atoms with Crippen LogP contribution in [0.25, 0.3) is 0 Å². The maximum atomic E-state index is 10.3. The fraction of sp³-hybridized carbons (Fsp3) is 0.586. The van der Waals surface area contributed by atoms with Crippen LogP contribution >= 0.6 is 0 Å². The normalized spacial score (nSPS) is 12.1. The van der Waals surface area contributed by atoms with Crippen LogP contribution in [-0.2, 0) is 18.3 Å². The van der Waals surface area contributed by atoms with Crippen molar-refractivity contribution in [2.75, 3.05) is 0 Å². The highest BCUT2D eigenvalue weighted by Gasteiger charge is 2.35. The molecule has 0 saturated heterocycles. The van der Waals surface area contributed by atoms with Crippen molar-refractivity contribution >= 4 is 0 Å². The maximum absolute atomic E-state index is 10.3. The Morgan fingerprint density at radius 3 is 1.55 bits per heavy atom. The molecule has 0 spiro atoms. The Morgan fingerprint density at radius 2 is 1.19 bits per heavy atom. The van der Waals surface area contributed by atoms with E-state index >= 15 is 0 Å². The van der Waals surface area contributed by atoms with Crippen LogP contribution in [0.5, 0.6) is 11.5 Å². The first-order valence-electron chi connectivity index (χ1n) is 12.4. The Labute approximate surface area is 190 Å². The quantitative estimate of drug-likeness (QED) is 0.361. The lowest BCUT2D eigenvalue weighted by Gasteiger charge is -2.38. The van der Waals surface area contributed by atoms with Gasteiger partial charge < -0.3 is 10.2 Å². The summed E-state index contributed by atoms with van der Waals surface area (Å²) < 4.78 is 0. The molecule has 2 nitrogen and oxygen atoms in total. The number of hydrogen-bond donors (Lipinski definition) is 2. The molecule has 172 valence electrons. The molecule has 0 aliphatic heterocycles. The second-order valence-corrected chi connectivity index (χ2v) is 10.1. The van der Waals surface area contributed by atoms with Gasteiger partial charge in [-0.1, -0.05) is 66.5 Å². The number of rotatable bonds is 12. The fourth-order valence-electron chi connectivity index (χ4n) is 4.85. The smallest absolute Gasteiger partial charge is 0.115 e. The molecule has 0 radical (unpaired) electrons. The Bertz CT molecular complexity index is 758. The van der Waals surface area contributed by atoms with E-state index in [1.807, 2.05) is 24.3 Å². The van der Waals surface area contributed by atoms with Gasteiger partial charge in [0.05, 0.1) is 0 Å². The molecule has 2 N–H and O–H groups in total. The van der Waals surface area contributed by atoms with Crippen molar-refractivity contribution < 1.29 is 10.2 Å². The monoisotopic (exact) mass is 424 g/mol. The molecule has 0 unspecified atom stereocenters. The topological polar surface area (TPSA) is 40.5 Å². The van der Waals surface area contributed by atoms with E-state index in [9.17, 15) is 10.2 Å². The number of aromatic hydroxyl groups is 2. The molecule has 0 aliphatic carbocycles. The van der Waals surface area contributed by atoms with E-state index in [4.69, 9.17) is 0 Å². The second-order valence-electron chi connectivity index (χ2n) is 10.1. The van der Waals surface area contributed by atoms with Gasteiger partial charge in [0.2, 0.25) is 0 Å². The van der Waals surface area contributed by atoms with Crippen LogP contribution in [0.3, 0.4) is 0 Å². The molecule has 0 aliphatic rings. The molecule has 2 aromatic carbocycles. The number of unbranched alkanes of at least 4 members (excludes halogenated alkanes) is 1. The van der Waals surface area contributed by atoms with Crippen LogP contribution < -0.4 is 0 Å². The molecule has 2 rings (SSSR count). The SMILES string of the molecule is CCCCC(CC)(c1ccc(O)cc1CCC(C)C)c1ccc(O)cc1CCC(C)C. The zero-order valence-electron chi connectivity index (χ0n) is 20.7. The van der Waals surface area contributed by atoms with Gasteiger partial charge in [0.1, 0.15) is 11.5 Å². The van der Waals surface area contributed by atoms with Crippen molar-refractivity contribution in [2.24, 2.45) is 11.8 Å². The van der Waals surface area contributed by atoms with Crippen LogP contribution in [0.15, 0.2) is 36.4 Å². The number of aryl methyl sites for hydroxylation is 2. The molecular formula is C29H44O2. The highest BCUT2D eigenvalue weighted by Crippen LogP contribution is 2.45. The van der Waals surface area contributed by atoms with E-state index in [2.05, 4.69) is 53.7 Å². The summed E-state index contributed by atoms with van der Waals surface area (Å²) in [4.78, 5) is 0. The van der Waals surface area contributed by atoms with E-state index < -0.39 is 0 Å². The number of phenols is 2. The second kappa shape index (κ2) is 11.6. The molecule has 0 aromatic heterocycles. The standard InChI is InChI=1S/C29H44O2/c1-7-9-18-29(8-2,27-16-14-25(30)19-23(27)12-10-21(3)4)28-17-15-26(31)20-24(28)13-11-22(5)6/h14-17,19-22,30-31H,7-13,18H2,1-6H3. The minimum Gasteiger partial charge on any atom is -0.508 e. The van der Waals surface area contributed by atoms with E-state index in [1.165, 1.54) is 22.3 Å². The van der Waals surface area contributed by atoms with Crippen molar-refractivity contribution in [3.05, 3.63) is 58.7 Å². The molecule has 0 heterocycles. The van der Waals surface area contributed by atoms with Crippen LogP contribution in [0.4, 0.5) is 0 Å². The van der Waals surface area contributed by atoms with Crippen molar-refractivity contribution in [3.8, 4) is 11.5 Å². The van der Waals surface area contributed by atoms with E-state index in [0.717, 1.165) is 51.4 Å². The van der Waals surface area contributed by atoms with Gasteiger partial charge in [-0.15, -0.1) is 0 Å². The first-order chi connectivity index (χ1) is 14.7. The summed E-state index contributed by atoms with van der Waals surface area (Å²) in [6.45, 7) is 13.6. The van der Waals surface area contributed by atoms with Crippen molar-refractivity contribution in [1.82, 2.24) is 0 Å². The van der Waals surface area contributed by atoms with E-state index in [-0.39, 0.29) is 5.41 Å². The molecule has 0 saturated carbocycles.